The minimum absolute atomic E-state index is 0. The summed E-state index contributed by atoms with van der Waals surface area (Å²) in [6, 6.07) is 0.523. The van der Waals surface area contributed by atoms with E-state index in [1.54, 1.807) is 0 Å². The largest absolute Gasteiger partial charge is 0.353 e. The molecule has 2 aliphatic carbocycles. The number of halogens is 1. The van der Waals surface area contributed by atoms with Gasteiger partial charge in [-0.1, -0.05) is 19.8 Å². The Kier molecular flexibility index (Phi) is 7.36. The molecule has 5 nitrogen and oxygen atoms in total. The summed E-state index contributed by atoms with van der Waals surface area (Å²) in [7, 11) is -2.81. The number of likely N-dealkylation sites (tertiary alicyclic amines) is 1. The molecule has 4 fully saturated rings. The number of nitrogens with zero attached hydrogens (tertiary/aromatic N) is 2. The third kappa shape index (κ3) is 5.73. The fraction of sp³-hybridized carbons (Fsp3) is 0.950. The molecule has 2 aliphatic heterocycles. The zero-order valence-corrected chi connectivity index (χ0v) is 19.8. The van der Waals surface area contributed by atoms with Crippen LogP contribution in [0.4, 0.5) is 0 Å². The van der Waals surface area contributed by atoms with Crippen molar-refractivity contribution in [1.82, 2.24) is 10.2 Å². The highest BCUT2D eigenvalue weighted by Crippen LogP contribution is 2.41. The summed E-state index contributed by atoms with van der Waals surface area (Å²) in [5.41, 5.74) is 0. The monoisotopic (exact) mass is 509 g/mol. The smallest absolute Gasteiger partial charge is 0.194 e. The number of aliphatic imine (C=N–C) groups is 1. The van der Waals surface area contributed by atoms with Crippen LogP contribution in [0.2, 0.25) is 0 Å². The van der Waals surface area contributed by atoms with E-state index in [4.69, 9.17) is 4.99 Å². The topological polar surface area (TPSA) is 61.8 Å². The molecule has 4 rings (SSSR count). The molecule has 0 radical (unpaired) electrons. The molecule has 156 valence electrons. The molecule has 7 heteroatoms. The van der Waals surface area contributed by atoms with Crippen LogP contribution in [0.25, 0.3) is 0 Å². The number of sulfone groups is 1. The Morgan fingerprint density at radius 2 is 1.85 bits per heavy atom. The Balaban J connectivity index is 0.00000210. The zero-order valence-electron chi connectivity index (χ0n) is 16.6. The molecule has 2 saturated heterocycles. The second-order valence-electron chi connectivity index (χ2n) is 9.28. The van der Waals surface area contributed by atoms with E-state index in [1.807, 2.05) is 0 Å². The van der Waals surface area contributed by atoms with E-state index >= 15 is 0 Å². The molecule has 0 aromatic carbocycles. The first-order valence-electron chi connectivity index (χ1n) is 10.8. The lowest BCUT2D eigenvalue weighted by molar-refractivity contribution is 0.297. The minimum atomic E-state index is -2.81. The van der Waals surface area contributed by atoms with E-state index in [1.165, 1.54) is 44.9 Å². The number of hydrogen-bond acceptors (Lipinski definition) is 3. The van der Waals surface area contributed by atoms with Gasteiger partial charge in [0.2, 0.25) is 0 Å². The van der Waals surface area contributed by atoms with E-state index in [9.17, 15) is 8.42 Å². The quantitative estimate of drug-likeness (QED) is 0.359. The van der Waals surface area contributed by atoms with Gasteiger partial charge in [-0.25, -0.2) is 8.42 Å². The summed E-state index contributed by atoms with van der Waals surface area (Å²) in [4.78, 5) is 7.43. The molecule has 0 amide bonds. The highest BCUT2D eigenvalue weighted by Gasteiger charge is 2.37. The van der Waals surface area contributed by atoms with E-state index in [0.717, 1.165) is 37.3 Å². The fourth-order valence-corrected chi connectivity index (χ4v) is 6.95. The third-order valence-corrected chi connectivity index (χ3v) is 8.90. The zero-order chi connectivity index (χ0) is 18.1. The Hall–Kier alpha value is -0.0500. The average molecular weight is 509 g/mol. The molecule has 4 unspecified atom stereocenters. The van der Waals surface area contributed by atoms with Crippen molar-refractivity contribution >= 4 is 39.8 Å². The van der Waals surface area contributed by atoms with Crippen molar-refractivity contribution in [3.63, 3.8) is 0 Å². The standard InChI is InChI=1S/C20H35N3O2S.HI/c1-15-4-2-3-5-19(15)22-20(21-12-16-9-11-26(24,25)14-16)23-10-8-18(13-23)17-6-7-17;/h15-19H,2-14H2,1H3,(H,21,22);1H. The van der Waals surface area contributed by atoms with Crippen LogP contribution in [0.3, 0.4) is 0 Å². The van der Waals surface area contributed by atoms with Gasteiger partial charge in [-0.05, 0) is 62.2 Å². The molecule has 0 aromatic rings. The van der Waals surface area contributed by atoms with Gasteiger partial charge >= 0.3 is 0 Å². The summed E-state index contributed by atoms with van der Waals surface area (Å²) >= 11 is 0. The summed E-state index contributed by atoms with van der Waals surface area (Å²) in [5.74, 6) is 4.45. The van der Waals surface area contributed by atoms with Crippen LogP contribution in [0.15, 0.2) is 4.99 Å². The van der Waals surface area contributed by atoms with Gasteiger partial charge in [-0.2, -0.15) is 0 Å². The predicted octanol–water partition coefficient (Wildman–Crippen LogP) is 3.30. The third-order valence-electron chi connectivity index (χ3n) is 7.06. The van der Waals surface area contributed by atoms with E-state index < -0.39 is 9.84 Å². The van der Waals surface area contributed by atoms with Gasteiger partial charge in [0.15, 0.2) is 15.8 Å². The minimum Gasteiger partial charge on any atom is -0.353 e. The first-order chi connectivity index (χ1) is 12.5. The molecule has 0 bridgehead atoms. The molecular formula is C20H36IN3O2S. The number of nitrogens with one attached hydrogen (secondary N) is 1. The van der Waals surface area contributed by atoms with Crippen molar-refractivity contribution < 1.29 is 8.42 Å². The van der Waals surface area contributed by atoms with Gasteiger partial charge < -0.3 is 10.2 Å². The number of rotatable bonds is 4. The lowest BCUT2D eigenvalue weighted by Crippen LogP contribution is -2.48. The van der Waals surface area contributed by atoms with Crippen LogP contribution in [0.1, 0.15) is 58.3 Å². The molecule has 1 N–H and O–H groups in total. The summed E-state index contributed by atoms with van der Waals surface area (Å²) in [5, 5.41) is 3.80. The summed E-state index contributed by atoms with van der Waals surface area (Å²) in [6.07, 6.45) is 10.1. The Labute approximate surface area is 182 Å². The van der Waals surface area contributed by atoms with Gasteiger partial charge in [0, 0.05) is 25.7 Å². The van der Waals surface area contributed by atoms with Crippen LogP contribution in [0.5, 0.6) is 0 Å². The van der Waals surface area contributed by atoms with E-state index in [-0.39, 0.29) is 29.9 Å². The molecule has 2 heterocycles. The molecule has 27 heavy (non-hydrogen) atoms. The predicted molar refractivity (Wildman–Crippen MR) is 121 cm³/mol. The van der Waals surface area contributed by atoms with Crippen molar-refractivity contribution in [1.29, 1.82) is 0 Å². The fourth-order valence-electron chi connectivity index (χ4n) is 5.10. The Bertz CT molecular complexity index is 635. The van der Waals surface area contributed by atoms with Gasteiger partial charge in [0.25, 0.3) is 0 Å². The number of guanidine groups is 1. The van der Waals surface area contributed by atoms with Crippen molar-refractivity contribution in [3.8, 4) is 0 Å². The Morgan fingerprint density at radius 3 is 2.52 bits per heavy atom. The van der Waals surface area contributed by atoms with Crippen LogP contribution in [-0.2, 0) is 9.84 Å². The van der Waals surface area contributed by atoms with Crippen LogP contribution in [-0.4, -0.2) is 56.5 Å². The van der Waals surface area contributed by atoms with E-state index in [0.29, 0.717) is 30.0 Å². The Morgan fingerprint density at radius 1 is 1.07 bits per heavy atom. The van der Waals surface area contributed by atoms with Gasteiger partial charge in [0.05, 0.1) is 11.5 Å². The van der Waals surface area contributed by atoms with Crippen LogP contribution < -0.4 is 5.32 Å². The van der Waals surface area contributed by atoms with Gasteiger partial charge in [-0.3, -0.25) is 4.99 Å². The number of hydrogen-bond donors (Lipinski definition) is 1. The van der Waals surface area contributed by atoms with Crippen molar-refractivity contribution in [3.05, 3.63) is 0 Å². The molecule has 4 atom stereocenters. The van der Waals surface area contributed by atoms with Crippen LogP contribution in [0, 0.1) is 23.7 Å². The maximum atomic E-state index is 11.8. The highest BCUT2D eigenvalue weighted by molar-refractivity contribution is 14.0. The summed E-state index contributed by atoms with van der Waals surface area (Å²) < 4.78 is 23.5. The van der Waals surface area contributed by atoms with Crippen molar-refractivity contribution in [2.24, 2.45) is 28.7 Å². The molecule has 0 spiro atoms. The van der Waals surface area contributed by atoms with Crippen LogP contribution >= 0.6 is 24.0 Å². The molecule has 4 aliphatic rings. The van der Waals surface area contributed by atoms with Crippen molar-refractivity contribution in [2.45, 2.75) is 64.3 Å². The lowest BCUT2D eigenvalue weighted by atomic mass is 9.86. The SMILES string of the molecule is CC1CCCCC1NC(=NCC1CCS(=O)(=O)C1)N1CCC(C2CC2)C1.I. The van der Waals surface area contributed by atoms with Gasteiger partial charge in [0.1, 0.15) is 0 Å². The second-order valence-corrected chi connectivity index (χ2v) is 11.5. The summed E-state index contributed by atoms with van der Waals surface area (Å²) in [6.45, 7) is 5.26. The molecule has 0 aromatic heterocycles. The second kappa shape index (κ2) is 9.18. The highest BCUT2D eigenvalue weighted by atomic mass is 127. The lowest BCUT2D eigenvalue weighted by Gasteiger charge is -2.33. The maximum absolute atomic E-state index is 11.8. The first kappa shape index (κ1) is 21.7. The first-order valence-corrected chi connectivity index (χ1v) is 12.6. The molecular weight excluding hydrogens is 473 g/mol. The van der Waals surface area contributed by atoms with Gasteiger partial charge in [-0.15, -0.1) is 24.0 Å². The van der Waals surface area contributed by atoms with Crippen molar-refractivity contribution in [2.75, 3.05) is 31.1 Å². The average Bonchev–Trinajstić information content (AvgIpc) is 3.24. The molecule has 2 saturated carbocycles. The maximum Gasteiger partial charge on any atom is 0.194 e. The normalized spacial score (nSPS) is 36.5. The van der Waals surface area contributed by atoms with E-state index in [2.05, 4.69) is 17.1 Å².